The van der Waals surface area contributed by atoms with Gasteiger partial charge >= 0.3 is 0 Å². The predicted molar refractivity (Wildman–Crippen MR) is 55.8 cm³/mol. The molecule has 0 aromatic heterocycles. The van der Waals surface area contributed by atoms with Gasteiger partial charge in [0.25, 0.3) is 0 Å². The molecule has 0 spiro atoms. The van der Waals surface area contributed by atoms with Crippen molar-refractivity contribution in [3.8, 4) is 0 Å². The molecule has 0 rings (SSSR count). The Bertz CT molecular complexity index is 219. The van der Waals surface area contributed by atoms with Crippen molar-refractivity contribution < 1.29 is 4.79 Å². The number of amides is 1. The second kappa shape index (κ2) is 5.54. The molecule has 0 bridgehead atoms. The fourth-order valence-electron chi connectivity index (χ4n) is 0.912. The Kier molecular flexibility index (Phi) is 5.04. The Hall–Kier alpha value is -1.09. The van der Waals surface area contributed by atoms with Crippen molar-refractivity contribution in [1.82, 2.24) is 0 Å². The number of hydrogen-bond donors (Lipinski definition) is 1. The number of rotatable bonds is 5. The fraction of sp³-hybridized carbons (Fsp3) is 0.222. The third kappa shape index (κ3) is 3.34. The molecule has 0 aromatic rings. The quantitative estimate of drug-likeness (QED) is 0.368. The zero-order valence-corrected chi connectivity index (χ0v) is 9.47. The highest BCUT2D eigenvalue weighted by atomic mass is 28.1. The van der Waals surface area contributed by atoms with Crippen LogP contribution in [0.25, 0.3) is 0 Å². The third-order valence-electron chi connectivity index (χ3n) is 1.68. The summed E-state index contributed by atoms with van der Waals surface area (Å²) in [6.07, 6.45) is 5.01. The lowest BCUT2D eigenvalue weighted by Crippen LogP contribution is -2.15. The highest BCUT2D eigenvalue weighted by Crippen LogP contribution is 2.11. The van der Waals surface area contributed by atoms with Crippen LogP contribution in [0, 0.1) is 0 Å². The van der Waals surface area contributed by atoms with Crippen LogP contribution < -0.4 is 5.73 Å². The van der Waals surface area contributed by atoms with E-state index in [2.05, 4.69) is 13.2 Å². The number of primary amides is 1. The first-order valence-corrected chi connectivity index (χ1v) is 4.83. The summed E-state index contributed by atoms with van der Waals surface area (Å²) in [5.41, 5.74) is 6.22. The molecule has 3 heteroatoms. The highest BCUT2D eigenvalue weighted by Gasteiger charge is 2.03. The molecule has 0 radical (unpaired) electrons. The minimum atomic E-state index is -0.305. The molecule has 0 unspecified atom stereocenters. The molecular formula is C9H15NOSi. The molecule has 2 N–H and O–H groups in total. The van der Waals surface area contributed by atoms with Crippen LogP contribution in [-0.2, 0) is 4.79 Å². The summed E-state index contributed by atoms with van der Waals surface area (Å²) in [5.74, 6) is -0.305. The molecule has 0 heterocycles. The van der Waals surface area contributed by atoms with E-state index in [-0.39, 0.29) is 5.91 Å². The van der Waals surface area contributed by atoms with Gasteiger partial charge in [0, 0.05) is 10.2 Å². The normalized spacial score (nSPS) is 9.00. The molecule has 66 valence electrons. The zero-order chi connectivity index (χ0) is 9.56. The lowest BCUT2D eigenvalue weighted by molar-refractivity contribution is -0.114. The summed E-state index contributed by atoms with van der Waals surface area (Å²) in [7, 11) is 0.695. The van der Waals surface area contributed by atoms with Crippen molar-refractivity contribution in [1.29, 1.82) is 0 Å². The van der Waals surface area contributed by atoms with Gasteiger partial charge in [-0.3, -0.25) is 4.79 Å². The van der Waals surface area contributed by atoms with Crippen LogP contribution in [0.5, 0.6) is 0 Å². The summed E-state index contributed by atoms with van der Waals surface area (Å²) in [6.45, 7) is 7.24. The van der Waals surface area contributed by atoms with Crippen LogP contribution in [0.1, 0.15) is 12.8 Å². The van der Waals surface area contributed by atoms with Crippen LogP contribution in [-0.4, -0.2) is 16.1 Å². The van der Waals surface area contributed by atoms with E-state index in [4.69, 9.17) is 5.73 Å². The summed E-state index contributed by atoms with van der Waals surface area (Å²) < 4.78 is 0. The molecule has 0 aliphatic heterocycles. The number of carbonyl (C=O) groups excluding carboxylic acids is 1. The van der Waals surface area contributed by atoms with Gasteiger partial charge in [-0.15, -0.1) is 13.2 Å². The standard InChI is InChI=1S/C9H15NOSi/c1-3-5-7(6-4-2)8(12)9(10)11/h3-4H,1-2,5-6H2,12H3,(H2,10,11). The van der Waals surface area contributed by atoms with Crippen LogP contribution in [0.2, 0.25) is 0 Å². The molecule has 2 nitrogen and oxygen atoms in total. The second-order valence-corrected chi connectivity index (χ2v) is 3.58. The lowest BCUT2D eigenvalue weighted by atomic mass is 10.1. The van der Waals surface area contributed by atoms with E-state index >= 15 is 0 Å². The van der Waals surface area contributed by atoms with Gasteiger partial charge in [-0.05, 0) is 18.0 Å². The van der Waals surface area contributed by atoms with Gasteiger partial charge in [0.15, 0.2) is 0 Å². The summed E-state index contributed by atoms with van der Waals surface area (Å²) in [6, 6.07) is 0. The first kappa shape index (κ1) is 10.9. The molecule has 0 atom stereocenters. The molecule has 0 saturated heterocycles. The van der Waals surface area contributed by atoms with Gasteiger partial charge in [-0.2, -0.15) is 0 Å². The molecule has 0 saturated carbocycles. The van der Waals surface area contributed by atoms with E-state index in [0.717, 1.165) is 23.6 Å². The second-order valence-electron chi connectivity index (χ2n) is 2.58. The Labute approximate surface area is 76.3 Å². The van der Waals surface area contributed by atoms with Gasteiger partial charge in [0.05, 0.1) is 0 Å². The average Bonchev–Trinajstić information content (AvgIpc) is 2.03. The van der Waals surface area contributed by atoms with Gasteiger partial charge in [0.2, 0.25) is 5.91 Å². The van der Waals surface area contributed by atoms with Gasteiger partial charge in [0.1, 0.15) is 0 Å². The minimum Gasteiger partial charge on any atom is -0.366 e. The topological polar surface area (TPSA) is 43.1 Å². The van der Waals surface area contributed by atoms with Crippen molar-refractivity contribution in [3.05, 3.63) is 36.1 Å². The van der Waals surface area contributed by atoms with E-state index < -0.39 is 0 Å². The smallest absolute Gasteiger partial charge is 0.239 e. The Morgan fingerprint density at radius 3 is 2.00 bits per heavy atom. The van der Waals surface area contributed by atoms with Crippen LogP contribution in [0.3, 0.4) is 0 Å². The molecule has 0 fully saturated rings. The number of hydrogen-bond acceptors (Lipinski definition) is 1. The SMILES string of the molecule is C=CCC(CC=C)=C([SiH3])C(N)=O. The third-order valence-corrected chi connectivity index (χ3v) is 2.88. The van der Waals surface area contributed by atoms with Crippen molar-refractivity contribution in [3.63, 3.8) is 0 Å². The summed E-state index contributed by atoms with van der Waals surface area (Å²) in [4.78, 5) is 10.8. The first-order valence-electron chi connectivity index (χ1n) is 3.83. The van der Waals surface area contributed by atoms with Crippen molar-refractivity contribution >= 4 is 16.1 Å². The van der Waals surface area contributed by atoms with Gasteiger partial charge < -0.3 is 5.73 Å². The largest absolute Gasteiger partial charge is 0.366 e. The molecule has 1 amide bonds. The lowest BCUT2D eigenvalue weighted by Gasteiger charge is -2.04. The monoisotopic (exact) mass is 181 g/mol. The van der Waals surface area contributed by atoms with E-state index in [0.29, 0.717) is 10.2 Å². The maximum atomic E-state index is 10.8. The Balaban J connectivity index is 4.64. The van der Waals surface area contributed by atoms with Crippen molar-refractivity contribution in [2.24, 2.45) is 5.73 Å². The Morgan fingerprint density at radius 1 is 1.33 bits per heavy atom. The molecule has 12 heavy (non-hydrogen) atoms. The maximum Gasteiger partial charge on any atom is 0.239 e. The number of nitrogens with two attached hydrogens (primary N) is 1. The molecule has 0 aliphatic carbocycles. The molecular weight excluding hydrogens is 166 g/mol. The summed E-state index contributed by atoms with van der Waals surface area (Å²) >= 11 is 0. The Morgan fingerprint density at radius 2 is 1.75 bits per heavy atom. The van der Waals surface area contributed by atoms with Crippen molar-refractivity contribution in [2.45, 2.75) is 12.8 Å². The van der Waals surface area contributed by atoms with Gasteiger partial charge in [-0.25, -0.2) is 0 Å². The molecule has 0 aliphatic rings. The fourth-order valence-corrected chi connectivity index (χ4v) is 1.32. The van der Waals surface area contributed by atoms with E-state index in [1.165, 1.54) is 0 Å². The average molecular weight is 181 g/mol. The minimum absolute atomic E-state index is 0.305. The summed E-state index contributed by atoms with van der Waals surface area (Å²) in [5, 5.41) is 0.759. The number of allylic oxidation sites excluding steroid dienone is 3. The van der Waals surface area contributed by atoms with Gasteiger partial charge in [-0.1, -0.05) is 17.7 Å². The number of carbonyl (C=O) groups is 1. The zero-order valence-electron chi connectivity index (χ0n) is 7.47. The maximum absolute atomic E-state index is 10.8. The van der Waals surface area contributed by atoms with Crippen LogP contribution >= 0.6 is 0 Å². The van der Waals surface area contributed by atoms with E-state index in [1.54, 1.807) is 12.2 Å². The van der Waals surface area contributed by atoms with Crippen molar-refractivity contribution in [2.75, 3.05) is 0 Å². The van der Waals surface area contributed by atoms with Crippen LogP contribution in [0.4, 0.5) is 0 Å². The van der Waals surface area contributed by atoms with Crippen LogP contribution in [0.15, 0.2) is 36.1 Å². The highest BCUT2D eigenvalue weighted by molar-refractivity contribution is 6.36. The van der Waals surface area contributed by atoms with E-state index in [1.807, 2.05) is 0 Å². The predicted octanol–water partition coefficient (Wildman–Crippen LogP) is 0.243. The van der Waals surface area contributed by atoms with E-state index in [9.17, 15) is 4.79 Å². The molecule has 0 aromatic carbocycles. The first-order chi connectivity index (χ1) is 5.63.